The van der Waals surface area contributed by atoms with Crippen LogP contribution in [0.4, 0.5) is 23.7 Å². The molecule has 3 aromatic rings. The molecule has 0 aliphatic rings. The zero-order chi connectivity index (χ0) is 22.4. The second-order valence-corrected chi connectivity index (χ2v) is 6.40. The number of phenolic OH excluding ortho intramolecular Hbond substituents is 1. The highest BCUT2D eigenvalue weighted by atomic mass is 19.4. The smallest absolute Gasteiger partial charge is 0.416 e. The number of aromatic hydroxyl groups is 1. The molecular weight excluding hydrogens is 413 g/mol. The number of hydrogen-bond acceptors (Lipinski definition) is 4. The Morgan fingerprint density at radius 2 is 1.81 bits per heavy atom. The third-order valence-electron chi connectivity index (χ3n) is 4.19. The van der Waals surface area contributed by atoms with Gasteiger partial charge in [-0.15, -0.1) is 0 Å². The van der Waals surface area contributed by atoms with Crippen molar-refractivity contribution >= 4 is 34.6 Å². The first-order chi connectivity index (χ1) is 14.7. The Labute approximate surface area is 174 Å². The van der Waals surface area contributed by atoms with Crippen LogP contribution in [-0.4, -0.2) is 29.8 Å². The Morgan fingerprint density at radius 1 is 1.03 bits per heavy atom. The highest BCUT2D eigenvalue weighted by Gasteiger charge is 2.30. The quantitative estimate of drug-likeness (QED) is 0.365. The monoisotopic (exact) mass is 430 g/mol. The third-order valence-corrected chi connectivity index (χ3v) is 4.19. The van der Waals surface area contributed by atoms with Crippen LogP contribution >= 0.6 is 0 Å². The minimum Gasteiger partial charge on any atom is -0.507 e. The van der Waals surface area contributed by atoms with Crippen molar-refractivity contribution in [2.75, 3.05) is 11.9 Å². The van der Waals surface area contributed by atoms with E-state index in [9.17, 15) is 27.9 Å². The van der Waals surface area contributed by atoms with E-state index in [4.69, 9.17) is 0 Å². The van der Waals surface area contributed by atoms with Gasteiger partial charge in [-0.1, -0.05) is 36.4 Å². The number of hydrazone groups is 1. The normalized spacial score (nSPS) is 11.5. The molecule has 3 amide bonds. The van der Waals surface area contributed by atoms with E-state index >= 15 is 0 Å². The van der Waals surface area contributed by atoms with Gasteiger partial charge in [-0.05, 0) is 35.0 Å². The maximum Gasteiger partial charge on any atom is 0.416 e. The molecule has 3 aromatic carbocycles. The number of carbonyl (C=O) groups is 2. The predicted molar refractivity (Wildman–Crippen MR) is 110 cm³/mol. The summed E-state index contributed by atoms with van der Waals surface area (Å²) in [6, 6.07) is 13.8. The minimum absolute atomic E-state index is 0.0183. The van der Waals surface area contributed by atoms with Crippen LogP contribution in [0, 0.1) is 0 Å². The van der Waals surface area contributed by atoms with Crippen molar-refractivity contribution in [3.8, 4) is 5.75 Å². The molecule has 0 saturated carbocycles. The molecule has 3 rings (SSSR count). The van der Waals surface area contributed by atoms with Crippen molar-refractivity contribution in [2.24, 2.45) is 5.10 Å². The first-order valence-electron chi connectivity index (χ1n) is 8.99. The van der Waals surface area contributed by atoms with Gasteiger partial charge >= 0.3 is 12.2 Å². The van der Waals surface area contributed by atoms with Crippen LogP contribution in [0.1, 0.15) is 11.1 Å². The summed E-state index contributed by atoms with van der Waals surface area (Å²) in [6.45, 7) is -0.469. The van der Waals surface area contributed by atoms with Crippen LogP contribution in [0.2, 0.25) is 0 Å². The number of phenols is 1. The lowest BCUT2D eigenvalue weighted by Crippen LogP contribution is -2.37. The number of benzene rings is 3. The second kappa shape index (κ2) is 9.16. The van der Waals surface area contributed by atoms with Gasteiger partial charge in [0.15, 0.2) is 0 Å². The van der Waals surface area contributed by atoms with Gasteiger partial charge < -0.3 is 15.7 Å². The number of rotatable bonds is 5. The van der Waals surface area contributed by atoms with Crippen molar-refractivity contribution in [3.63, 3.8) is 0 Å². The van der Waals surface area contributed by atoms with Crippen molar-refractivity contribution in [1.82, 2.24) is 10.7 Å². The van der Waals surface area contributed by atoms with Crippen LogP contribution in [0.5, 0.6) is 5.75 Å². The number of nitrogens with one attached hydrogen (secondary N) is 3. The lowest BCUT2D eigenvalue weighted by molar-refractivity contribution is -0.137. The Kier molecular flexibility index (Phi) is 6.39. The summed E-state index contributed by atoms with van der Waals surface area (Å²) in [4.78, 5) is 23.7. The molecule has 0 aliphatic heterocycles. The summed E-state index contributed by atoms with van der Waals surface area (Å²) >= 11 is 0. The largest absolute Gasteiger partial charge is 0.507 e. The number of urea groups is 1. The molecule has 0 heterocycles. The molecule has 0 bridgehead atoms. The number of amides is 3. The molecule has 7 nitrogen and oxygen atoms in total. The third kappa shape index (κ3) is 5.72. The van der Waals surface area contributed by atoms with Crippen LogP contribution in [0.3, 0.4) is 0 Å². The van der Waals surface area contributed by atoms with Crippen molar-refractivity contribution in [1.29, 1.82) is 0 Å². The van der Waals surface area contributed by atoms with Gasteiger partial charge in [0.1, 0.15) is 12.3 Å². The number of nitrogens with zero attached hydrogens (tertiary/aromatic N) is 1. The molecule has 0 spiro atoms. The molecule has 10 heteroatoms. The lowest BCUT2D eigenvalue weighted by Gasteiger charge is -2.10. The first-order valence-corrected chi connectivity index (χ1v) is 8.99. The fraction of sp³-hybridized carbons (Fsp3) is 0.0952. The maximum absolute atomic E-state index is 12.7. The molecule has 0 aliphatic carbocycles. The predicted octanol–water partition coefficient (Wildman–Crippen LogP) is 3.84. The van der Waals surface area contributed by atoms with Gasteiger partial charge in [0.25, 0.3) is 5.91 Å². The average Bonchev–Trinajstić information content (AvgIpc) is 2.73. The van der Waals surface area contributed by atoms with E-state index in [1.807, 2.05) is 12.1 Å². The first kappa shape index (κ1) is 21.6. The Bertz CT molecular complexity index is 1150. The Morgan fingerprint density at radius 3 is 2.58 bits per heavy atom. The van der Waals surface area contributed by atoms with E-state index in [2.05, 4.69) is 21.2 Å². The number of halogens is 3. The van der Waals surface area contributed by atoms with Gasteiger partial charge in [-0.3, -0.25) is 4.79 Å². The number of alkyl halides is 3. The van der Waals surface area contributed by atoms with Crippen LogP contribution in [-0.2, 0) is 11.0 Å². The molecule has 31 heavy (non-hydrogen) atoms. The molecule has 0 unspecified atom stereocenters. The zero-order valence-corrected chi connectivity index (χ0v) is 15.9. The summed E-state index contributed by atoms with van der Waals surface area (Å²) in [5.41, 5.74) is 1.63. The molecular formula is C21H17F3N4O3. The Hall–Kier alpha value is -4.08. The van der Waals surface area contributed by atoms with Gasteiger partial charge in [0.05, 0.1) is 11.8 Å². The minimum atomic E-state index is -4.54. The summed E-state index contributed by atoms with van der Waals surface area (Å²) in [5, 5.41) is 19.8. The molecule has 0 saturated heterocycles. The maximum atomic E-state index is 12.7. The highest BCUT2D eigenvalue weighted by Crippen LogP contribution is 2.30. The van der Waals surface area contributed by atoms with Crippen molar-refractivity contribution in [2.45, 2.75) is 6.18 Å². The lowest BCUT2D eigenvalue weighted by atomic mass is 10.0. The van der Waals surface area contributed by atoms with E-state index in [-0.39, 0.29) is 11.4 Å². The molecule has 0 atom stereocenters. The zero-order valence-electron chi connectivity index (χ0n) is 15.9. The van der Waals surface area contributed by atoms with E-state index in [1.54, 1.807) is 18.2 Å². The van der Waals surface area contributed by atoms with E-state index in [0.717, 1.165) is 29.0 Å². The Balaban J connectivity index is 1.53. The summed E-state index contributed by atoms with van der Waals surface area (Å²) in [7, 11) is 0. The van der Waals surface area contributed by atoms with Crippen LogP contribution < -0.4 is 16.1 Å². The van der Waals surface area contributed by atoms with Gasteiger partial charge in [-0.2, -0.15) is 18.3 Å². The number of carbonyl (C=O) groups excluding carboxylic acids is 2. The molecule has 0 radical (unpaired) electrons. The fourth-order valence-electron chi connectivity index (χ4n) is 2.74. The highest BCUT2D eigenvalue weighted by molar-refractivity contribution is 6.02. The number of anilines is 1. The van der Waals surface area contributed by atoms with Gasteiger partial charge in [0.2, 0.25) is 0 Å². The fourth-order valence-corrected chi connectivity index (χ4v) is 2.74. The van der Waals surface area contributed by atoms with E-state index in [0.29, 0.717) is 5.56 Å². The van der Waals surface area contributed by atoms with Crippen LogP contribution in [0.25, 0.3) is 10.8 Å². The summed E-state index contributed by atoms with van der Waals surface area (Å²) in [5.74, 6) is -0.689. The standard InChI is InChI=1S/C21H17F3N4O3/c22-21(23,24)14-5-3-6-15(10-14)27-20(31)25-12-19(30)28-26-11-17-16-7-2-1-4-13(16)8-9-18(17)29/h1-11,29H,12H2,(H,28,30)(H2,25,27,31). The topological polar surface area (TPSA) is 103 Å². The summed E-state index contributed by atoms with van der Waals surface area (Å²) < 4.78 is 38.1. The SMILES string of the molecule is O=C(CNC(=O)Nc1cccc(C(F)(F)F)c1)NN=Cc1c(O)ccc2ccccc12. The number of fused-ring (bicyclic) bond motifs is 1. The average molecular weight is 430 g/mol. The molecule has 0 fully saturated rings. The van der Waals surface area contributed by atoms with Gasteiger partial charge in [0, 0.05) is 11.3 Å². The van der Waals surface area contributed by atoms with E-state index < -0.39 is 30.2 Å². The molecule has 4 N–H and O–H groups in total. The second-order valence-electron chi connectivity index (χ2n) is 6.40. The molecule has 0 aromatic heterocycles. The van der Waals surface area contributed by atoms with Gasteiger partial charge in [-0.25, -0.2) is 10.2 Å². The summed E-state index contributed by atoms with van der Waals surface area (Å²) in [6.07, 6.45) is -3.26. The van der Waals surface area contributed by atoms with Crippen molar-refractivity contribution in [3.05, 3.63) is 71.8 Å². The molecule has 160 valence electrons. The number of hydrogen-bond donors (Lipinski definition) is 4. The van der Waals surface area contributed by atoms with Crippen molar-refractivity contribution < 1.29 is 27.9 Å². The van der Waals surface area contributed by atoms with Crippen LogP contribution in [0.15, 0.2) is 65.8 Å². The van der Waals surface area contributed by atoms with E-state index in [1.165, 1.54) is 18.3 Å².